The Kier molecular flexibility index (Phi) is 8.09. The highest BCUT2D eigenvalue weighted by atomic mass is 16.5. The summed E-state index contributed by atoms with van der Waals surface area (Å²) in [4.78, 5) is 11.8. The zero-order valence-corrected chi connectivity index (χ0v) is 15.9. The van der Waals surface area contributed by atoms with Crippen LogP contribution in [-0.2, 0) is 6.42 Å². The average molecular weight is 374 g/mol. The Bertz CT molecular complexity index is 714. The molecule has 2 amide bonds. The lowest BCUT2D eigenvalue weighted by Crippen LogP contribution is -2.38. The Morgan fingerprint density at radius 1 is 0.815 bits per heavy atom. The summed E-state index contributed by atoms with van der Waals surface area (Å²) in [6.07, 6.45) is 0.727. The van der Waals surface area contributed by atoms with E-state index in [0.717, 1.165) is 17.7 Å². The highest BCUT2D eigenvalue weighted by Gasteiger charge is 2.04. The second-order valence-electron chi connectivity index (χ2n) is 5.68. The van der Waals surface area contributed by atoms with E-state index in [4.69, 9.17) is 18.9 Å². The van der Waals surface area contributed by atoms with E-state index in [1.54, 1.807) is 39.5 Å². The standard InChI is InChI=1S/C20H26N2O5/c1-24-16-6-4-5-15(11-16)7-8-21-20(23)22-9-10-27-19-13-17(25-2)12-18(14-19)26-3/h4-6,11-14H,7-10H2,1-3H3,(H2,21,22,23). The first-order valence-electron chi connectivity index (χ1n) is 8.65. The van der Waals surface area contributed by atoms with Gasteiger partial charge in [-0.15, -0.1) is 0 Å². The second kappa shape index (κ2) is 10.8. The number of hydrogen-bond donors (Lipinski definition) is 2. The molecule has 0 unspecified atom stereocenters. The molecule has 2 N–H and O–H groups in total. The van der Waals surface area contributed by atoms with Crippen LogP contribution in [0.15, 0.2) is 42.5 Å². The number of carbonyl (C=O) groups excluding carboxylic acids is 1. The normalized spacial score (nSPS) is 10.0. The smallest absolute Gasteiger partial charge is 0.314 e. The second-order valence-corrected chi connectivity index (χ2v) is 5.68. The molecule has 27 heavy (non-hydrogen) atoms. The van der Waals surface area contributed by atoms with Crippen molar-refractivity contribution in [1.82, 2.24) is 10.6 Å². The Morgan fingerprint density at radius 2 is 1.44 bits per heavy atom. The molecule has 0 saturated heterocycles. The van der Waals surface area contributed by atoms with E-state index in [9.17, 15) is 4.79 Å². The molecule has 0 heterocycles. The summed E-state index contributed by atoms with van der Waals surface area (Å²) in [6, 6.07) is 12.8. The maximum Gasteiger partial charge on any atom is 0.314 e. The lowest BCUT2D eigenvalue weighted by molar-refractivity contribution is 0.236. The van der Waals surface area contributed by atoms with Crippen LogP contribution in [0.5, 0.6) is 23.0 Å². The number of amides is 2. The molecule has 0 fully saturated rings. The largest absolute Gasteiger partial charge is 0.497 e. The van der Waals surface area contributed by atoms with Crippen LogP contribution in [0.4, 0.5) is 4.79 Å². The number of methoxy groups -OCH3 is 3. The summed E-state index contributed by atoms with van der Waals surface area (Å²) in [7, 11) is 4.79. The molecular weight excluding hydrogens is 348 g/mol. The Morgan fingerprint density at radius 3 is 2.11 bits per heavy atom. The van der Waals surface area contributed by atoms with Crippen molar-refractivity contribution in [1.29, 1.82) is 0 Å². The summed E-state index contributed by atoms with van der Waals surface area (Å²) in [5.74, 6) is 2.72. The van der Waals surface area contributed by atoms with Gasteiger partial charge in [-0.25, -0.2) is 4.79 Å². The van der Waals surface area contributed by atoms with Crippen LogP contribution >= 0.6 is 0 Å². The Balaban J connectivity index is 1.66. The highest BCUT2D eigenvalue weighted by molar-refractivity contribution is 5.73. The van der Waals surface area contributed by atoms with Crippen molar-refractivity contribution >= 4 is 6.03 Å². The third kappa shape index (κ3) is 6.97. The highest BCUT2D eigenvalue weighted by Crippen LogP contribution is 2.27. The maximum atomic E-state index is 11.8. The van der Waals surface area contributed by atoms with Crippen LogP contribution in [0.25, 0.3) is 0 Å². The lowest BCUT2D eigenvalue weighted by atomic mass is 10.1. The molecule has 0 aliphatic rings. The van der Waals surface area contributed by atoms with Crippen LogP contribution in [0.3, 0.4) is 0 Å². The van der Waals surface area contributed by atoms with Crippen LogP contribution < -0.4 is 29.6 Å². The van der Waals surface area contributed by atoms with Crippen molar-refractivity contribution < 1.29 is 23.7 Å². The summed E-state index contributed by atoms with van der Waals surface area (Å²) in [6.45, 7) is 1.25. The summed E-state index contributed by atoms with van der Waals surface area (Å²) < 4.78 is 21.2. The van der Waals surface area contributed by atoms with Crippen molar-refractivity contribution in [3.8, 4) is 23.0 Å². The average Bonchev–Trinajstić information content (AvgIpc) is 2.71. The van der Waals surface area contributed by atoms with Gasteiger partial charge in [0.25, 0.3) is 0 Å². The first-order valence-corrected chi connectivity index (χ1v) is 8.65. The molecule has 146 valence electrons. The van der Waals surface area contributed by atoms with E-state index in [2.05, 4.69) is 10.6 Å². The van der Waals surface area contributed by atoms with Crippen LogP contribution in [0, 0.1) is 0 Å². The molecule has 7 nitrogen and oxygen atoms in total. The number of urea groups is 1. The molecule has 0 saturated carbocycles. The predicted molar refractivity (Wildman–Crippen MR) is 103 cm³/mol. The number of nitrogens with one attached hydrogen (secondary N) is 2. The molecule has 0 radical (unpaired) electrons. The van der Waals surface area contributed by atoms with Crippen LogP contribution in [0.2, 0.25) is 0 Å². The maximum absolute atomic E-state index is 11.8. The lowest BCUT2D eigenvalue weighted by Gasteiger charge is -2.11. The summed E-state index contributed by atoms with van der Waals surface area (Å²) >= 11 is 0. The summed E-state index contributed by atoms with van der Waals surface area (Å²) in [5, 5.41) is 5.57. The van der Waals surface area contributed by atoms with Crippen molar-refractivity contribution in [2.45, 2.75) is 6.42 Å². The van der Waals surface area contributed by atoms with E-state index < -0.39 is 0 Å². The SMILES string of the molecule is COc1cccc(CCNC(=O)NCCOc2cc(OC)cc(OC)c2)c1. The van der Waals surface area contributed by atoms with E-state index >= 15 is 0 Å². The first kappa shape index (κ1) is 20.2. The van der Waals surface area contributed by atoms with E-state index in [1.807, 2.05) is 24.3 Å². The van der Waals surface area contributed by atoms with Crippen molar-refractivity contribution in [2.24, 2.45) is 0 Å². The van der Waals surface area contributed by atoms with Crippen LogP contribution in [0.1, 0.15) is 5.56 Å². The van der Waals surface area contributed by atoms with Gasteiger partial charge in [-0.05, 0) is 24.1 Å². The number of rotatable bonds is 10. The molecule has 2 aromatic carbocycles. The van der Waals surface area contributed by atoms with Gasteiger partial charge in [-0.3, -0.25) is 0 Å². The van der Waals surface area contributed by atoms with Gasteiger partial charge in [0.15, 0.2) is 0 Å². The number of ether oxygens (including phenoxy) is 4. The van der Waals surface area contributed by atoms with Gasteiger partial charge in [0.05, 0.1) is 27.9 Å². The third-order valence-corrected chi connectivity index (χ3v) is 3.81. The van der Waals surface area contributed by atoms with Crippen molar-refractivity contribution in [3.05, 3.63) is 48.0 Å². The van der Waals surface area contributed by atoms with E-state index in [1.165, 1.54) is 0 Å². The molecule has 0 bridgehead atoms. The van der Waals surface area contributed by atoms with E-state index in [-0.39, 0.29) is 6.03 Å². The molecule has 7 heteroatoms. The minimum Gasteiger partial charge on any atom is -0.497 e. The Labute approximate surface area is 159 Å². The molecule has 0 aromatic heterocycles. The fourth-order valence-electron chi connectivity index (χ4n) is 2.41. The fraction of sp³-hybridized carbons (Fsp3) is 0.350. The summed E-state index contributed by atoms with van der Waals surface area (Å²) in [5.41, 5.74) is 1.10. The Hall–Kier alpha value is -3.09. The van der Waals surface area contributed by atoms with Crippen molar-refractivity contribution in [3.63, 3.8) is 0 Å². The molecule has 2 aromatic rings. The zero-order chi connectivity index (χ0) is 19.5. The topological polar surface area (TPSA) is 78.1 Å². The van der Waals surface area contributed by atoms with Gasteiger partial charge in [0.1, 0.15) is 29.6 Å². The minimum absolute atomic E-state index is 0.232. The van der Waals surface area contributed by atoms with Crippen LogP contribution in [-0.4, -0.2) is 47.1 Å². The monoisotopic (exact) mass is 374 g/mol. The van der Waals surface area contributed by atoms with Gasteiger partial charge < -0.3 is 29.6 Å². The first-order chi connectivity index (χ1) is 13.1. The third-order valence-electron chi connectivity index (χ3n) is 3.81. The predicted octanol–water partition coefficient (Wildman–Crippen LogP) is 2.63. The molecule has 0 spiro atoms. The number of hydrogen-bond acceptors (Lipinski definition) is 5. The fourth-order valence-corrected chi connectivity index (χ4v) is 2.41. The minimum atomic E-state index is -0.232. The quantitative estimate of drug-likeness (QED) is 0.625. The van der Waals surface area contributed by atoms with Gasteiger partial charge in [0.2, 0.25) is 0 Å². The molecule has 0 aliphatic heterocycles. The number of carbonyl (C=O) groups is 1. The molecule has 2 rings (SSSR count). The zero-order valence-electron chi connectivity index (χ0n) is 15.9. The van der Waals surface area contributed by atoms with Gasteiger partial charge >= 0.3 is 6.03 Å². The number of benzene rings is 2. The van der Waals surface area contributed by atoms with E-state index in [0.29, 0.717) is 36.9 Å². The molecular formula is C20H26N2O5. The van der Waals surface area contributed by atoms with Crippen molar-refractivity contribution in [2.75, 3.05) is 41.0 Å². The molecule has 0 atom stereocenters. The van der Waals surface area contributed by atoms with Gasteiger partial charge in [-0.1, -0.05) is 12.1 Å². The molecule has 0 aliphatic carbocycles. The van der Waals surface area contributed by atoms with Gasteiger partial charge in [0, 0.05) is 24.7 Å². The van der Waals surface area contributed by atoms with Gasteiger partial charge in [-0.2, -0.15) is 0 Å².